The van der Waals surface area contributed by atoms with E-state index in [-0.39, 0.29) is 24.3 Å². The Balaban J connectivity index is 3.02. The van der Waals surface area contributed by atoms with Crippen molar-refractivity contribution in [2.75, 3.05) is 19.7 Å². The molecular formula is C16H22ClNO2. The van der Waals surface area contributed by atoms with Crippen LogP contribution in [0.3, 0.4) is 0 Å². The molecule has 0 spiro atoms. The van der Waals surface area contributed by atoms with Crippen LogP contribution in [0.2, 0.25) is 5.02 Å². The van der Waals surface area contributed by atoms with Crippen molar-refractivity contribution < 1.29 is 9.90 Å². The lowest BCUT2D eigenvalue weighted by atomic mass is 9.87. The second-order valence-corrected chi connectivity index (χ2v) is 5.51. The first-order valence-corrected chi connectivity index (χ1v) is 7.15. The van der Waals surface area contributed by atoms with Crippen LogP contribution in [0.4, 0.5) is 0 Å². The molecule has 110 valence electrons. The van der Waals surface area contributed by atoms with E-state index in [1.54, 1.807) is 23.1 Å². The summed E-state index contributed by atoms with van der Waals surface area (Å²) in [6.45, 7) is 8.40. The lowest BCUT2D eigenvalue weighted by Crippen LogP contribution is -2.38. The van der Waals surface area contributed by atoms with E-state index in [0.717, 1.165) is 5.56 Å². The summed E-state index contributed by atoms with van der Waals surface area (Å²) in [4.78, 5) is 14.3. The summed E-state index contributed by atoms with van der Waals surface area (Å²) in [7, 11) is 0. The van der Waals surface area contributed by atoms with E-state index in [2.05, 4.69) is 6.58 Å². The Morgan fingerprint density at radius 3 is 2.45 bits per heavy atom. The molecule has 4 heteroatoms. The Morgan fingerprint density at radius 2 is 2.00 bits per heavy atom. The van der Waals surface area contributed by atoms with Crippen molar-refractivity contribution in [3.05, 3.63) is 47.5 Å². The molecule has 1 rings (SSSR count). The smallest absolute Gasteiger partial charge is 0.230 e. The van der Waals surface area contributed by atoms with Gasteiger partial charge in [0.25, 0.3) is 0 Å². The molecule has 0 heterocycles. The van der Waals surface area contributed by atoms with Gasteiger partial charge < -0.3 is 10.0 Å². The first kappa shape index (κ1) is 16.7. The number of benzene rings is 1. The van der Waals surface area contributed by atoms with E-state index in [4.69, 9.17) is 16.7 Å². The normalized spacial score (nSPS) is 12.2. The average Bonchev–Trinajstić information content (AvgIpc) is 2.40. The van der Waals surface area contributed by atoms with Crippen molar-refractivity contribution in [3.8, 4) is 0 Å². The fraction of sp³-hybridized carbons (Fsp3) is 0.438. The summed E-state index contributed by atoms with van der Waals surface area (Å²) in [5.41, 5.74) is 0.946. The molecule has 0 aliphatic carbocycles. The molecule has 1 unspecified atom stereocenters. The van der Waals surface area contributed by atoms with Gasteiger partial charge in [-0.05, 0) is 23.6 Å². The molecule has 0 fully saturated rings. The van der Waals surface area contributed by atoms with Crippen LogP contribution in [0.1, 0.15) is 25.3 Å². The van der Waals surface area contributed by atoms with Gasteiger partial charge in [-0.15, -0.1) is 6.58 Å². The van der Waals surface area contributed by atoms with Crippen molar-refractivity contribution in [1.29, 1.82) is 0 Å². The topological polar surface area (TPSA) is 40.5 Å². The van der Waals surface area contributed by atoms with Crippen LogP contribution in [0.15, 0.2) is 36.9 Å². The van der Waals surface area contributed by atoms with Gasteiger partial charge >= 0.3 is 0 Å². The number of hydrogen-bond donors (Lipinski definition) is 1. The zero-order valence-corrected chi connectivity index (χ0v) is 12.8. The van der Waals surface area contributed by atoms with Crippen LogP contribution in [-0.4, -0.2) is 35.6 Å². The maximum Gasteiger partial charge on any atom is 0.230 e. The van der Waals surface area contributed by atoms with E-state index in [1.807, 2.05) is 26.0 Å². The summed E-state index contributed by atoms with van der Waals surface area (Å²) < 4.78 is 0. The molecule has 1 N–H and O–H groups in total. The van der Waals surface area contributed by atoms with Crippen molar-refractivity contribution in [2.45, 2.75) is 19.8 Å². The molecular weight excluding hydrogens is 274 g/mol. The van der Waals surface area contributed by atoms with Gasteiger partial charge in [0.1, 0.15) is 0 Å². The zero-order valence-electron chi connectivity index (χ0n) is 12.1. The van der Waals surface area contributed by atoms with Crippen molar-refractivity contribution >= 4 is 17.5 Å². The minimum atomic E-state index is -0.237. The number of carbonyl (C=O) groups is 1. The standard InChI is InChI=1S/C16H22ClNO2/c1-4-9-18(10-11-19)16(20)15(12(2)3)13-5-7-14(17)8-6-13/h4-8,12,15,19H,1,9-11H2,2-3H3. The number of amides is 1. The van der Waals surface area contributed by atoms with Crippen LogP contribution in [0.5, 0.6) is 0 Å². The Morgan fingerprint density at radius 1 is 1.40 bits per heavy atom. The van der Waals surface area contributed by atoms with Gasteiger partial charge in [0.2, 0.25) is 5.91 Å². The zero-order chi connectivity index (χ0) is 15.1. The highest BCUT2D eigenvalue weighted by Gasteiger charge is 2.27. The van der Waals surface area contributed by atoms with E-state index in [0.29, 0.717) is 18.1 Å². The molecule has 0 aliphatic heterocycles. The SMILES string of the molecule is C=CCN(CCO)C(=O)C(c1ccc(Cl)cc1)C(C)C. The molecule has 0 saturated carbocycles. The van der Waals surface area contributed by atoms with Crippen LogP contribution in [0, 0.1) is 5.92 Å². The number of halogens is 1. The highest BCUT2D eigenvalue weighted by atomic mass is 35.5. The monoisotopic (exact) mass is 295 g/mol. The van der Waals surface area contributed by atoms with E-state index in [9.17, 15) is 4.79 Å². The number of aliphatic hydroxyl groups excluding tert-OH is 1. The fourth-order valence-electron chi connectivity index (χ4n) is 2.25. The minimum Gasteiger partial charge on any atom is -0.395 e. The second kappa shape index (κ2) is 8.08. The summed E-state index contributed by atoms with van der Waals surface area (Å²) in [6.07, 6.45) is 1.67. The third-order valence-corrected chi connectivity index (χ3v) is 3.44. The summed E-state index contributed by atoms with van der Waals surface area (Å²) in [5.74, 6) is -0.0651. The molecule has 0 radical (unpaired) electrons. The Kier molecular flexibility index (Phi) is 6.76. The molecule has 0 aromatic heterocycles. The van der Waals surface area contributed by atoms with Gasteiger partial charge in [-0.3, -0.25) is 4.79 Å². The van der Waals surface area contributed by atoms with Crippen LogP contribution in [0.25, 0.3) is 0 Å². The lowest BCUT2D eigenvalue weighted by Gasteiger charge is -2.28. The Labute approximate surface area is 125 Å². The maximum atomic E-state index is 12.7. The third kappa shape index (κ3) is 4.36. The molecule has 1 amide bonds. The minimum absolute atomic E-state index is 0.0104. The number of hydrogen-bond acceptors (Lipinski definition) is 2. The average molecular weight is 296 g/mol. The van der Waals surface area contributed by atoms with E-state index in [1.165, 1.54) is 0 Å². The van der Waals surface area contributed by atoms with Crippen LogP contribution >= 0.6 is 11.6 Å². The Hall–Kier alpha value is -1.32. The number of nitrogens with zero attached hydrogens (tertiary/aromatic N) is 1. The van der Waals surface area contributed by atoms with Gasteiger partial charge in [0.05, 0.1) is 12.5 Å². The summed E-state index contributed by atoms with van der Waals surface area (Å²) in [6, 6.07) is 7.36. The van der Waals surface area contributed by atoms with Gasteiger partial charge in [-0.1, -0.05) is 43.7 Å². The third-order valence-electron chi connectivity index (χ3n) is 3.19. The van der Waals surface area contributed by atoms with Crippen molar-refractivity contribution in [1.82, 2.24) is 4.90 Å². The van der Waals surface area contributed by atoms with E-state index >= 15 is 0 Å². The predicted octanol–water partition coefficient (Wildman–Crippen LogP) is 3.09. The number of rotatable bonds is 7. The molecule has 0 saturated heterocycles. The van der Waals surface area contributed by atoms with Crippen molar-refractivity contribution in [2.24, 2.45) is 5.92 Å². The van der Waals surface area contributed by atoms with Gasteiger partial charge in [0, 0.05) is 18.1 Å². The van der Waals surface area contributed by atoms with Crippen molar-refractivity contribution in [3.63, 3.8) is 0 Å². The predicted molar refractivity (Wildman–Crippen MR) is 82.9 cm³/mol. The van der Waals surface area contributed by atoms with Crippen LogP contribution < -0.4 is 0 Å². The highest BCUT2D eigenvalue weighted by Crippen LogP contribution is 2.27. The summed E-state index contributed by atoms with van der Waals surface area (Å²) >= 11 is 5.90. The molecule has 0 bridgehead atoms. The number of carbonyl (C=O) groups excluding carboxylic acids is 1. The number of aliphatic hydroxyl groups is 1. The van der Waals surface area contributed by atoms with Crippen LogP contribution in [-0.2, 0) is 4.79 Å². The Bertz CT molecular complexity index is 442. The second-order valence-electron chi connectivity index (χ2n) is 5.07. The van der Waals surface area contributed by atoms with Gasteiger partial charge in [0.15, 0.2) is 0 Å². The first-order valence-electron chi connectivity index (χ1n) is 6.77. The molecule has 20 heavy (non-hydrogen) atoms. The van der Waals surface area contributed by atoms with E-state index < -0.39 is 0 Å². The highest BCUT2D eigenvalue weighted by molar-refractivity contribution is 6.30. The maximum absolute atomic E-state index is 12.7. The molecule has 1 aromatic carbocycles. The largest absolute Gasteiger partial charge is 0.395 e. The van der Waals surface area contributed by atoms with Gasteiger partial charge in [-0.2, -0.15) is 0 Å². The quantitative estimate of drug-likeness (QED) is 0.785. The molecule has 1 aromatic rings. The van der Waals surface area contributed by atoms with Gasteiger partial charge in [-0.25, -0.2) is 0 Å². The fourth-order valence-corrected chi connectivity index (χ4v) is 2.37. The lowest BCUT2D eigenvalue weighted by molar-refractivity contribution is -0.133. The first-order chi connectivity index (χ1) is 9.51. The molecule has 1 atom stereocenters. The molecule has 3 nitrogen and oxygen atoms in total. The molecule has 0 aliphatic rings. The summed E-state index contributed by atoms with van der Waals surface area (Å²) in [5, 5.41) is 9.75.